The second-order valence-electron chi connectivity index (χ2n) is 4.47. The van der Waals surface area contributed by atoms with Gasteiger partial charge in [-0.2, -0.15) is 10.5 Å². The molecule has 0 saturated heterocycles. The first-order chi connectivity index (χ1) is 7.69. The highest BCUT2D eigenvalue weighted by Gasteiger charge is 2.24. The van der Waals surface area contributed by atoms with Crippen LogP contribution in [0.4, 0.5) is 0 Å². The fourth-order valence-electron chi connectivity index (χ4n) is 2.18. The highest BCUT2D eigenvalue weighted by molar-refractivity contribution is 4.92. The van der Waals surface area contributed by atoms with E-state index >= 15 is 0 Å². The van der Waals surface area contributed by atoms with Crippen molar-refractivity contribution in [2.45, 2.75) is 50.7 Å². The molecule has 88 valence electrons. The number of aliphatic hydroxyl groups excluding tert-OH is 2. The summed E-state index contributed by atoms with van der Waals surface area (Å²) in [7, 11) is 0. The minimum atomic E-state index is -0.333. The Morgan fingerprint density at radius 2 is 1.12 bits per heavy atom. The van der Waals surface area contributed by atoms with Gasteiger partial charge in [0, 0.05) is 0 Å². The van der Waals surface area contributed by atoms with Crippen molar-refractivity contribution in [2.24, 2.45) is 11.8 Å². The summed E-state index contributed by atoms with van der Waals surface area (Å²) < 4.78 is 0. The zero-order chi connectivity index (χ0) is 12.0. The van der Waals surface area contributed by atoms with Gasteiger partial charge in [0.2, 0.25) is 0 Å². The number of hydrogen-bond acceptors (Lipinski definition) is 4. The molecule has 0 aromatic heterocycles. The summed E-state index contributed by atoms with van der Waals surface area (Å²) in [5, 5.41) is 34.6. The van der Waals surface area contributed by atoms with Gasteiger partial charge in [0.25, 0.3) is 0 Å². The van der Waals surface area contributed by atoms with Crippen LogP contribution in [0.15, 0.2) is 0 Å². The van der Waals surface area contributed by atoms with E-state index in [1.807, 2.05) is 0 Å². The van der Waals surface area contributed by atoms with Crippen LogP contribution < -0.4 is 0 Å². The zero-order valence-corrected chi connectivity index (χ0v) is 9.34. The largest absolute Gasteiger partial charge is 0.392 e. The SMILES string of the molecule is N#C[C@@H]1CCC[C@H]1O.N#C[C@H]1CCC[C@@H]1O. The van der Waals surface area contributed by atoms with Crippen LogP contribution in [0.5, 0.6) is 0 Å². The van der Waals surface area contributed by atoms with E-state index in [0.717, 1.165) is 38.5 Å². The van der Waals surface area contributed by atoms with Crippen molar-refractivity contribution < 1.29 is 10.2 Å². The second-order valence-corrected chi connectivity index (χ2v) is 4.47. The van der Waals surface area contributed by atoms with Gasteiger partial charge in [-0.3, -0.25) is 0 Å². The molecule has 2 aliphatic carbocycles. The van der Waals surface area contributed by atoms with Crippen LogP contribution >= 0.6 is 0 Å². The summed E-state index contributed by atoms with van der Waals surface area (Å²) in [5.74, 6) is -0.148. The van der Waals surface area contributed by atoms with E-state index in [-0.39, 0.29) is 24.0 Å². The Labute approximate surface area is 96.1 Å². The van der Waals surface area contributed by atoms with E-state index in [1.165, 1.54) is 0 Å². The van der Waals surface area contributed by atoms with Crippen LogP contribution in [0.2, 0.25) is 0 Å². The van der Waals surface area contributed by atoms with Crippen molar-refractivity contribution in [1.82, 2.24) is 0 Å². The molecule has 0 heterocycles. The fourth-order valence-corrected chi connectivity index (χ4v) is 2.18. The average Bonchev–Trinajstić information content (AvgIpc) is 2.87. The molecular formula is C12H18N2O2. The molecule has 0 aromatic rings. The van der Waals surface area contributed by atoms with Crippen molar-refractivity contribution in [3.8, 4) is 12.1 Å². The minimum absolute atomic E-state index is 0.0741. The summed E-state index contributed by atoms with van der Waals surface area (Å²) in [6.45, 7) is 0. The number of rotatable bonds is 0. The molecule has 2 aliphatic rings. The highest BCUT2D eigenvalue weighted by Crippen LogP contribution is 2.24. The first-order valence-corrected chi connectivity index (χ1v) is 5.84. The number of hydrogen-bond donors (Lipinski definition) is 2. The zero-order valence-electron chi connectivity index (χ0n) is 9.34. The lowest BCUT2D eigenvalue weighted by atomic mass is 10.1. The molecule has 0 bridgehead atoms. The number of nitrogens with zero attached hydrogens (tertiary/aromatic N) is 2. The summed E-state index contributed by atoms with van der Waals surface area (Å²) in [4.78, 5) is 0. The Bertz CT molecular complexity index is 262. The van der Waals surface area contributed by atoms with Crippen molar-refractivity contribution in [1.29, 1.82) is 10.5 Å². The van der Waals surface area contributed by atoms with E-state index in [4.69, 9.17) is 20.7 Å². The van der Waals surface area contributed by atoms with Crippen molar-refractivity contribution in [2.75, 3.05) is 0 Å². The van der Waals surface area contributed by atoms with E-state index < -0.39 is 0 Å². The molecule has 4 atom stereocenters. The summed E-state index contributed by atoms with van der Waals surface area (Å²) in [5.41, 5.74) is 0. The summed E-state index contributed by atoms with van der Waals surface area (Å²) in [6, 6.07) is 4.13. The molecule has 0 unspecified atom stereocenters. The van der Waals surface area contributed by atoms with Crippen LogP contribution in [-0.2, 0) is 0 Å². The maximum absolute atomic E-state index is 8.97. The lowest BCUT2D eigenvalue weighted by Crippen LogP contribution is -2.09. The van der Waals surface area contributed by atoms with Gasteiger partial charge in [0.15, 0.2) is 0 Å². The maximum atomic E-state index is 8.97. The first-order valence-electron chi connectivity index (χ1n) is 5.84. The molecule has 2 saturated carbocycles. The van der Waals surface area contributed by atoms with Crippen LogP contribution in [0.1, 0.15) is 38.5 Å². The third kappa shape index (κ3) is 3.48. The van der Waals surface area contributed by atoms with Gasteiger partial charge in [-0.1, -0.05) is 0 Å². The maximum Gasteiger partial charge on any atom is 0.0722 e. The van der Waals surface area contributed by atoms with Gasteiger partial charge < -0.3 is 10.2 Å². The molecule has 4 heteroatoms. The Morgan fingerprint density at radius 3 is 1.25 bits per heavy atom. The Hall–Kier alpha value is -1.10. The third-order valence-corrected chi connectivity index (χ3v) is 3.29. The minimum Gasteiger partial charge on any atom is -0.392 e. The summed E-state index contributed by atoms with van der Waals surface area (Å²) >= 11 is 0. The van der Waals surface area contributed by atoms with Gasteiger partial charge in [0.1, 0.15) is 0 Å². The standard InChI is InChI=1S/2C6H9NO/c2*7-4-5-2-1-3-6(5)8/h2*5-6,8H,1-3H2/t2*5-,6+/m10/s1. The Kier molecular flexibility index (Phi) is 5.25. The second kappa shape index (κ2) is 6.48. The molecule has 0 amide bonds. The molecule has 0 aliphatic heterocycles. The molecule has 4 nitrogen and oxygen atoms in total. The quantitative estimate of drug-likeness (QED) is 0.647. The molecular weight excluding hydrogens is 204 g/mol. The number of aliphatic hydroxyl groups is 2. The fraction of sp³-hybridized carbons (Fsp3) is 0.833. The van der Waals surface area contributed by atoms with E-state index in [2.05, 4.69) is 12.1 Å². The van der Waals surface area contributed by atoms with Crippen LogP contribution in [0, 0.1) is 34.5 Å². The van der Waals surface area contributed by atoms with Gasteiger partial charge in [-0.05, 0) is 38.5 Å². The van der Waals surface area contributed by atoms with Crippen molar-refractivity contribution >= 4 is 0 Å². The molecule has 0 radical (unpaired) electrons. The van der Waals surface area contributed by atoms with Crippen LogP contribution in [0.25, 0.3) is 0 Å². The molecule has 0 spiro atoms. The summed E-state index contributed by atoms with van der Waals surface area (Å²) in [6.07, 6.45) is 4.77. The first kappa shape index (κ1) is 13.0. The lowest BCUT2D eigenvalue weighted by molar-refractivity contribution is 0.155. The normalized spacial score (nSPS) is 37.0. The molecule has 16 heavy (non-hydrogen) atoms. The van der Waals surface area contributed by atoms with E-state index in [1.54, 1.807) is 0 Å². The Morgan fingerprint density at radius 1 is 0.750 bits per heavy atom. The van der Waals surface area contributed by atoms with Gasteiger partial charge >= 0.3 is 0 Å². The van der Waals surface area contributed by atoms with E-state index in [0.29, 0.717) is 0 Å². The average molecular weight is 222 g/mol. The van der Waals surface area contributed by atoms with Crippen molar-refractivity contribution in [3.05, 3.63) is 0 Å². The lowest BCUT2D eigenvalue weighted by Gasteiger charge is -2.01. The van der Waals surface area contributed by atoms with Crippen LogP contribution in [0.3, 0.4) is 0 Å². The van der Waals surface area contributed by atoms with Crippen molar-refractivity contribution in [3.63, 3.8) is 0 Å². The van der Waals surface area contributed by atoms with Gasteiger partial charge in [-0.15, -0.1) is 0 Å². The van der Waals surface area contributed by atoms with Crippen LogP contribution in [-0.4, -0.2) is 22.4 Å². The topological polar surface area (TPSA) is 88.0 Å². The van der Waals surface area contributed by atoms with E-state index in [9.17, 15) is 0 Å². The van der Waals surface area contributed by atoms with Gasteiger partial charge in [0.05, 0.1) is 36.2 Å². The number of nitriles is 2. The molecule has 2 fully saturated rings. The molecule has 0 aromatic carbocycles. The highest BCUT2D eigenvalue weighted by atomic mass is 16.3. The third-order valence-electron chi connectivity index (χ3n) is 3.29. The smallest absolute Gasteiger partial charge is 0.0722 e. The predicted octanol–water partition coefficient (Wildman–Crippen LogP) is 1.34. The monoisotopic (exact) mass is 222 g/mol. The Balaban J connectivity index is 0.000000160. The molecule has 2 N–H and O–H groups in total. The molecule has 2 rings (SSSR count). The predicted molar refractivity (Wildman–Crippen MR) is 57.9 cm³/mol. The van der Waals surface area contributed by atoms with Gasteiger partial charge in [-0.25, -0.2) is 0 Å².